The largest absolute Gasteiger partial charge is 0.0917 e. The van der Waals surface area contributed by atoms with Gasteiger partial charge in [0.1, 0.15) is 0 Å². The van der Waals surface area contributed by atoms with E-state index in [9.17, 15) is 0 Å². The summed E-state index contributed by atoms with van der Waals surface area (Å²) in [6, 6.07) is 1.45. The van der Waals surface area contributed by atoms with E-state index in [2.05, 4.69) is 72.6 Å². The quantitative estimate of drug-likeness (QED) is 0.442. The summed E-state index contributed by atoms with van der Waals surface area (Å²) in [6.07, 6.45) is 4.76. The van der Waals surface area contributed by atoms with Crippen molar-refractivity contribution in [2.24, 2.45) is 0 Å². The van der Waals surface area contributed by atoms with Gasteiger partial charge < -0.3 is 0 Å². The Hall–Kier alpha value is 0.174. The zero-order valence-corrected chi connectivity index (χ0v) is 14.9. The van der Waals surface area contributed by atoms with Gasteiger partial charge in [-0.3, -0.25) is 0 Å². The third-order valence-electron chi connectivity index (χ3n) is 4.12. The van der Waals surface area contributed by atoms with Gasteiger partial charge in [0, 0.05) is 8.07 Å². The summed E-state index contributed by atoms with van der Waals surface area (Å²) in [5.41, 5.74) is 0.851. The van der Waals surface area contributed by atoms with E-state index in [0.717, 1.165) is 5.54 Å². The van der Waals surface area contributed by atoms with Gasteiger partial charge >= 0.3 is 0 Å². The van der Waals surface area contributed by atoms with E-state index in [-0.39, 0.29) is 0 Å². The Balaban J connectivity index is 5.07. The van der Waals surface area contributed by atoms with E-state index < -0.39 is 16.1 Å². The summed E-state index contributed by atoms with van der Waals surface area (Å²) in [6.45, 7) is 22.1. The normalized spacial score (nSPS) is 16.8. The highest BCUT2D eigenvalue weighted by Crippen LogP contribution is 2.47. The minimum atomic E-state index is -1.22. The molecule has 0 nitrogen and oxygen atoms in total. The molecule has 96 valence electrons. The van der Waals surface area contributed by atoms with E-state index in [1.54, 1.807) is 0 Å². The highest BCUT2D eigenvalue weighted by Gasteiger charge is 2.42. The van der Waals surface area contributed by atoms with Crippen LogP contribution in [-0.2, 0) is 0 Å². The maximum Gasteiger partial charge on any atom is 0.0593 e. The van der Waals surface area contributed by atoms with Crippen LogP contribution in [0.25, 0.3) is 0 Å². The Kier molecular flexibility index (Phi) is 5.27. The zero-order chi connectivity index (χ0) is 13.2. The maximum absolute atomic E-state index is 2.57. The standard InChI is InChI=1S/C14H32Si2/c1-10-11-13(12-15(5,6)7)16(8,9)14(2,3)4/h10-11,13H,12H2,1-9H3/b11-10-. The molecule has 0 rings (SSSR count). The molecule has 0 aromatic rings. The van der Waals surface area contributed by atoms with Crippen LogP contribution in [0.5, 0.6) is 0 Å². The SMILES string of the molecule is C/C=C\C(C[Si](C)(C)C)[Si](C)(C)C(C)(C)C. The van der Waals surface area contributed by atoms with Crippen LogP contribution in [0.3, 0.4) is 0 Å². The summed E-state index contributed by atoms with van der Waals surface area (Å²) in [5, 5.41) is 0.497. The molecule has 0 aliphatic heterocycles. The van der Waals surface area contributed by atoms with E-state index in [4.69, 9.17) is 0 Å². The molecule has 0 aromatic carbocycles. The lowest BCUT2D eigenvalue weighted by atomic mass is 10.2. The average Bonchev–Trinajstić information content (AvgIpc) is 1.98. The van der Waals surface area contributed by atoms with Gasteiger partial charge in [-0.15, -0.1) is 0 Å². The highest BCUT2D eigenvalue weighted by atomic mass is 28.3. The fraction of sp³-hybridized carbons (Fsp3) is 0.857. The molecule has 0 aliphatic rings. The summed E-state index contributed by atoms with van der Waals surface area (Å²) in [4.78, 5) is 0. The van der Waals surface area contributed by atoms with Gasteiger partial charge in [-0.2, -0.15) is 0 Å². The fourth-order valence-corrected chi connectivity index (χ4v) is 9.13. The zero-order valence-electron chi connectivity index (χ0n) is 12.9. The molecule has 1 atom stereocenters. The van der Waals surface area contributed by atoms with Crippen LogP contribution >= 0.6 is 0 Å². The van der Waals surface area contributed by atoms with Crippen molar-refractivity contribution >= 4 is 16.1 Å². The van der Waals surface area contributed by atoms with Gasteiger partial charge in [-0.05, 0) is 17.5 Å². The Morgan fingerprint density at radius 1 is 1.00 bits per heavy atom. The number of hydrogen-bond donors (Lipinski definition) is 0. The van der Waals surface area contributed by atoms with Crippen molar-refractivity contribution in [3.05, 3.63) is 12.2 Å². The molecule has 0 N–H and O–H groups in total. The van der Waals surface area contributed by atoms with E-state index in [0.29, 0.717) is 5.04 Å². The van der Waals surface area contributed by atoms with Crippen LogP contribution in [0.1, 0.15) is 27.7 Å². The van der Waals surface area contributed by atoms with Crippen LogP contribution in [0.15, 0.2) is 12.2 Å². The van der Waals surface area contributed by atoms with E-state index in [1.165, 1.54) is 6.04 Å². The molecular formula is C14H32Si2. The van der Waals surface area contributed by atoms with Gasteiger partial charge in [0.05, 0.1) is 8.07 Å². The fourth-order valence-electron chi connectivity index (χ4n) is 2.01. The third kappa shape index (κ3) is 4.58. The minimum Gasteiger partial charge on any atom is -0.0917 e. The first kappa shape index (κ1) is 16.2. The topological polar surface area (TPSA) is 0 Å². The summed E-state index contributed by atoms with van der Waals surface area (Å²) in [5.74, 6) is 0. The van der Waals surface area contributed by atoms with E-state index in [1.807, 2.05) is 0 Å². The summed E-state index contributed by atoms with van der Waals surface area (Å²) >= 11 is 0. The van der Waals surface area contributed by atoms with Gasteiger partial charge in [-0.25, -0.2) is 0 Å². The molecule has 0 saturated carbocycles. The van der Waals surface area contributed by atoms with Crippen molar-refractivity contribution in [2.75, 3.05) is 0 Å². The Morgan fingerprint density at radius 3 is 1.69 bits per heavy atom. The maximum atomic E-state index is 2.57. The van der Waals surface area contributed by atoms with Crippen LogP contribution in [0.4, 0.5) is 0 Å². The third-order valence-corrected chi connectivity index (χ3v) is 12.3. The lowest BCUT2D eigenvalue weighted by molar-refractivity contribution is 0.703. The van der Waals surface area contributed by atoms with Crippen LogP contribution in [0, 0.1) is 0 Å². The van der Waals surface area contributed by atoms with Crippen molar-refractivity contribution in [1.82, 2.24) is 0 Å². The second-order valence-corrected chi connectivity index (χ2v) is 19.1. The molecule has 0 radical (unpaired) electrons. The van der Waals surface area contributed by atoms with Gasteiger partial charge in [0.2, 0.25) is 0 Å². The number of rotatable bonds is 4. The Bertz CT molecular complexity index is 238. The first-order valence-corrected chi connectivity index (χ1v) is 13.3. The first-order chi connectivity index (χ1) is 6.92. The second-order valence-electron chi connectivity index (χ2n) is 7.87. The summed E-state index contributed by atoms with van der Waals surface area (Å²) in [7, 11) is -2.18. The Labute approximate surface area is 106 Å². The predicted molar refractivity (Wildman–Crippen MR) is 83.9 cm³/mol. The highest BCUT2D eigenvalue weighted by molar-refractivity contribution is 6.85. The molecular weight excluding hydrogens is 224 g/mol. The summed E-state index contributed by atoms with van der Waals surface area (Å²) < 4.78 is 0. The van der Waals surface area contributed by atoms with Gasteiger partial charge in [0.15, 0.2) is 0 Å². The molecule has 0 aromatic heterocycles. The number of hydrogen-bond acceptors (Lipinski definition) is 0. The molecule has 16 heavy (non-hydrogen) atoms. The Morgan fingerprint density at radius 2 is 1.44 bits per heavy atom. The molecule has 0 aliphatic carbocycles. The molecule has 0 fully saturated rings. The van der Waals surface area contributed by atoms with Crippen molar-refractivity contribution in [1.29, 1.82) is 0 Å². The smallest absolute Gasteiger partial charge is 0.0593 e. The van der Waals surface area contributed by atoms with Crippen molar-refractivity contribution in [3.8, 4) is 0 Å². The van der Waals surface area contributed by atoms with Crippen molar-refractivity contribution in [2.45, 2.75) is 77.1 Å². The first-order valence-electron chi connectivity index (χ1n) is 6.54. The monoisotopic (exact) mass is 256 g/mol. The molecule has 0 saturated heterocycles. The predicted octanol–water partition coefficient (Wildman–Crippen LogP) is 5.78. The van der Waals surface area contributed by atoms with E-state index >= 15 is 0 Å². The van der Waals surface area contributed by atoms with Crippen LogP contribution in [-0.4, -0.2) is 16.1 Å². The van der Waals surface area contributed by atoms with Gasteiger partial charge in [-0.1, -0.05) is 71.7 Å². The number of allylic oxidation sites excluding steroid dienone is 2. The molecule has 0 bridgehead atoms. The van der Waals surface area contributed by atoms with Crippen molar-refractivity contribution in [3.63, 3.8) is 0 Å². The lowest BCUT2D eigenvalue weighted by Gasteiger charge is -2.44. The molecule has 2 heteroatoms. The average molecular weight is 257 g/mol. The molecule has 0 heterocycles. The minimum absolute atomic E-state index is 0.497. The van der Waals surface area contributed by atoms with Gasteiger partial charge in [0.25, 0.3) is 0 Å². The molecule has 1 unspecified atom stereocenters. The van der Waals surface area contributed by atoms with Crippen LogP contribution < -0.4 is 0 Å². The van der Waals surface area contributed by atoms with Crippen LogP contribution in [0.2, 0.25) is 49.4 Å². The molecule has 0 spiro atoms. The second kappa shape index (κ2) is 5.22. The lowest BCUT2D eigenvalue weighted by Crippen LogP contribution is -2.43. The molecule has 0 amide bonds. The van der Waals surface area contributed by atoms with Crippen molar-refractivity contribution < 1.29 is 0 Å².